The average molecular weight is 377 g/mol. The smallest absolute Gasteiger partial charge is 0.246 e. The van der Waals surface area contributed by atoms with Crippen molar-refractivity contribution >= 4 is 22.4 Å². The van der Waals surface area contributed by atoms with Gasteiger partial charge in [-0.2, -0.15) is 9.40 Å². The van der Waals surface area contributed by atoms with Gasteiger partial charge in [0.1, 0.15) is 4.90 Å². The maximum Gasteiger partial charge on any atom is 0.246 e. The maximum atomic E-state index is 12.9. The molecule has 24 heavy (non-hydrogen) atoms. The zero-order valence-corrected chi connectivity index (χ0v) is 16.2. The fourth-order valence-electron chi connectivity index (χ4n) is 4.04. The molecule has 0 radical (unpaired) electrons. The lowest BCUT2D eigenvalue weighted by molar-refractivity contribution is 0.176. The molecule has 3 heterocycles. The molecule has 138 valence electrons. The molecule has 0 unspecified atom stereocenters. The highest BCUT2D eigenvalue weighted by atomic mass is 35.5. The van der Waals surface area contributed by atoms with E-state index in [-0.39, 0.29) is 12.4 Å². The third-order valence-corrected chi connectivity index (χ3v) is 7.53. The quantitative estimate of drug-likeness (QED) is 0.873. The SMILES string of the molecule is CCn1ncc(S(=O)(=O)N2CCC(C3CCNCC3)CC2)c1C.Cl. The molecule has 2 fully saturated rings. The van der Waals surface area contributed by atoms with E-state index < -0.39 is 10.0 Å². The molecule has 0 atom stereocenters. The summed E-state index contributed by atoms with van der Waals surface area (Å²) in [5.74, 6) is 1.45. The number of sulfonamides is 1. The maximum absolute atomic E-state index is 12.9. The zero-order chi connectivity index (χ0) is 16.4. The lowest BCUT2D eigenvalue weighted by Crippen LogP contribution is -2.42. The van der Waals surface area contributed by atoms with Crippen LogP contribution in [-0.2, 0) is 16.6 Å². The molecule has 1 aromatic rings. The van der Waals surface area contributed by atoms with Crippen LogP contribution in [0, 0.1) is 18.8 Å². The van der Waals surface area contributed by atoms with Crippen LogP contribution >= 0.6 is 12.4 Å². The summed E-state index contributed by atoms with van der Waals surface area (Å²) in [6, 6.07) is 0. The van der Waals surface area contributed by atoms with Gasteiger partial charge in [0.05, 0.1) is 11.9 Å². The van der Waals surface area contributed by atoms with Crippen LogP contribution in [0.4, 0.5) is 0 Å². The Morgan fingerprint density at radius 2 is 1.75 bits per heavy atom. The Kier molecular flexibility index (Phi) is 6.70. The largest absolute Gasteiger partial charge is 0.317 e. The van der Waals surface area contributed by atoms with E-state index in [0.717, 1.165) is 37.5 Å². The highest BCUT2D eigenvalue weighted by Gasteiger charge is 2.34. The lowest BCUT2D eigenvalue weighted by atomic mass is 9.79. The van der Waals surface area contributed by atoms with Crippen LogP contribution in [-0.4, -0.2) is 48.7 Å². The number of nitrogens with one attached hydrogen (secondary N) is 1. The Morgan fingerprint density at radius 3 is 2.29 bits per heavy atom. The minimum absolute atomic E-state index is 0. The molecule has 0 aromatic carbocycles. The van der Waals surface area contributed by atoms with Gasteiger partial charge in [-0.25, -0.2) is 8.42 Å². The summed E-state index contributed by atoms with van der Waals surface area (Å²) in [6.07, 6.45) is 5.96. The number of nitrogens with zero attached hydrogens (tertiary/aromatic N) is 3. The van der Waals surface area contributed by atoms with Crippen LogP contribution in [0.15, 0.2) is 11.1 Å². The minimum Gasteiger partial charge on any atom is -0.317 e. The van der Waals surface area contributed by atoms with Crippen molar-refractivity contribution in [3.05, 3.63) is 11.9 Å². The first kappa shape index (κ1) is 19.7. The predicted molar refractivity (Wildman–Crippen MR) is 97.0 cm³/mol. The molecule has 1 aromatic heterocycles. The van der Waals surface area contributed by atoms with Gasteiger partial charge in [-0.15, -0.1) is 12.4 Å². The van der Waals surface area contributed by atoms with Gasteiger partial charge in [0.25, 0.3) is 0 Å². The number of aromatic nitrogens is 2. The van der Waals surface area contributed by atoms with Crippen LogP contribution in [0.25, 0.3) is 0 Å². The number of rotatable bonds is 4. The molecule has 0 spiro atoms. The van der Waals surface area contributed by atoms with Crippen molar-refractivity contribution < 1.29 is 8.42 Å². The second-order valence-corrected chi connectivity index (χ2v) is 8.65. The number of hydrogen-bond donors (Lipinski definition) is 1. The van der Waals surface area contributed by atoms with E-state index in [1.165, 1.54) is 19.0 Å². The first-order chi connectivity index (χ1) is 11.0. The number of piperidine rings is 2. The first-order valence-corrected chi connectivity index (χ1v) is 10.2. The molecule has 2 aliphatic heterocycles. The van der Waals surface area contributed by atoms with E-state index in [1.54, 1.807) is 8.99 Å². The molecule has 8 heteroatoms. The summed E-state index contributed by atoms with van der Waals surface area (Å²) in [6.45, 7) is 8.02. The van der Waals surface area contributed by atoms with E-state index in [4.69, 9.17) is 0 Å². The molecule has 6 nitrogen and oxygen atoms in total. The zero-order valence-electron chi connectivity index (χ0n) is 14.6. The third kappa shape index (κ3) is 3.79. The third-order valence-electron chi connectivity index (χ3n) is 5.52. The fraction of sp³-hybridized carbons (Fsp3) is 0.812. The van der Waals surface area contributed by atoms with E-state index >= 15 is 0 Å². The van der Waals surface area contributed by atoms with Gasteiger partial charge in [0.2, 0.25) is 10.0 Å². The molecule has 0 aliphatic carbocycles. The van der Waals surface area contributed by atoms with Crippen molar-refractivity contribution in [1.82, 2.24) is 19.4 Å². The summed E-state index contributed by atoms with van der Waals surface area (Å²) < 4.78 is 29.2. The molecule has 0 bridgehead atoms. The molecule has 2 aliphatic rings. The van der Waals surface area contributed by atoms with Crippen LogP contribution < -0.4 is 5.32 Å². The molecular formula is C16H29ClN4O2S. The van der Waals surface area contributed by atoms with E-state index in [2.05, 4.69) is 10.4 Å². The van der Waals surface area contributed by atoms with Crippen LogP contribution in [0.2, 0.25) is 0 Å². The Morgan fingerprint density at radius 1 is 1.17 bits per heavy atom. The average Bonchev–Trinajstić information content (AvgIpc) is 2.97. The lowest BCUT2D eigenvalue weighted by Gasteiger charge is -2.37. The van der Waals surface area contributed by atoms with Gasteiger partial charge in [-0.1, -0.05) is 0 Å². The molecule has 0 saturated carbocycles. The van der Waals surface area contributed by atoms with Crippen molar-refractivity contribution in [2.75, 3.05) is 26.2 Å². The molecule has 3 rings (SSSR count). The van der Waals surface area contributed by atoms with E-state index in [1.807, 2.05) is 13.8 Å². The number of halogens is 1. The Balaban J connectivity index is 0.00000208. The standard InChI is InChI=1S/C16H28N4O2S.ClH/c1-3-20-13(2)16(12-18-20)23(21,22)19-10-6-15(7-11-19)14-4-8-17-9-5-14;/h12,14-15,17H,3-11H2,1-2H3;1H. The van der Waals surface area contributed by atoms with Crippen molar-refractivity contribution in [2.24, 2.45) is 11.8 Å². The molecular weight excluding hydrogens is 348 g/mol. The first-order valence-electron chi connectivity index (χ1n) is 8.77. The Labute approximate surface area is 151 Å². The molecule has 2 saturated heterocycles. The van der Waals surface area contributed by atoms with Crippen LogP contribution in [0.3, 0.4) is 0 Å². The monoisotopic (exact) mass is 376 g/mol. The number of hydrogen-bond acceptors (Lipinski definition) is 4. The summed E-state index contributed by atoms with van der Waals surface area (Å²) in [5.41, 5.74) is 0.743. The predicted octanol–water partition coefficient (Wildman–Crippen LogP) is 2.03. The van der Waals surface area contributed by atoms with E-state index in [9.17, 15) is 8.42 Å². The normalized spacial score (nSPS) is 21.6. The summed E-state index contributed by atoms with van der Waals surface area (Å²) in [7, 11) is -3.40. The van der Waals surface area contributed by atoms with Crippen molar-refractivity contribution in [3.63, 3.8) is 0 Å². The van der Waals surface area contributed by atoms with Crippen LogP contribution in [0.1, 0.15) is 38.3 Å². The second kappa shape index (κ2) is 8.17. The summed E-state index contributed by atoms with van der Waals surface area (Å²) >= 11 is 0. The van der Waals surface area contributed by atoms with Crippen LogP contribution in [0.5, 0.6) is 0 Å². The highest BCUT2D eigenvalue weighted by molar-refractivity contribution is 7.89. The van der Waals surface area contributed by atoms with Gasteiger partial charge in [0.15, 0.2) is 0 Å². The van der Waals surface area contributed by atoms with Gasteiger partial charge in [-0.05, 0) is 64.5 Å². The van der Waals surface area contributed by atoms with Crippen molar-refractivity contribution in [3.8, 4) is 0 Å². The van der Waals surface area contributed by atoms with Gasteiger partial charge >= 0.3 is 0 Å². The number of aryl methyl sites for hydroxylation is 1. The van der Waals surface area contributed by atoms with Crippen molar-refractivity contribution in [2.45, 2.75) is 51.0 Å². The van der Waals surface area contributed by atoms with Crippen molar-refractivity contribution in [1.29, 1.82) is 0 Å². The van der Waals surface area contributed by atoms with Gasteiger partial charge in [-0.3, -0.25) is 4.68 Å². The van der Waals surface area contributed by atoms with Gasteiger partial charge < -0.3 is 5.32 Å². The molecule has 1 N–H and O–H groups in total. The second-order valence-electron chi connectivity index (χ2n) is 6.74. The van der Waals surface area contributed by atoms with E-state index in [0.29, 0.717) is 30.4 Å². The van der Waals surface area contributed by atoms with Gasteiger partial charge in [0, 0.05) is 19.6 Å². The Bertz CT molecular complexity index is 633. The summed E-state index contributed by atoms with van der Waals surface area (Å²) in [4.78, 5) is 0.375. The Hall–Kier alpha value is -0.630. The minimum atomic E-state index is -3.40. The highest BCUT2D eigenvalue weighted by Crippen LogP contribution is 2.33. The topological polar surface area (TPSA) is 67.2 Å². The molecule has 0 amide bonds. The summed E-state index contributed by atoms with van der Waals surface area (Å²) in [5, 5.41) is 7.59. The fourth-order valence-corrected chi connectivity index (χ4v) is 5.67.